The number of nitrogens with zero attached hydrogens (tertiary/aromatic N) is 1. The summed E-state index contributed by atoms with van der Waals surface area (Å²) in [7, 11) is 0. The fourth-order valence-electron chi connectivity index (χ4n) is 1.36. The van der Waals surface area contributed by atoms with E-state index in [-0.39, 0.29) is 29.8 Å². The number of hydrogen-bond donors (Lipinski definition) is 1. The van der Waals surface area contributed by atoms with Gasteiger partial charge < -0.3 is 9.84 Å². The molecule has 7 heteroatoms. The van der Waals surface area contributed by atoms with Gasteiger partial charge in [0.1, 0.15) is 6.42 Å². The summed E-state index contributed by atoms with van der Waals surface area (Å²) in [6, 6.07) is 3.25. The first-order valence-electron chi connectivity index (χ1n) is 5.62. The van der Waals surface area contributed by atoms with Crippen LogP contribution in [0.1, 0.15) is 29.3 Å². The number of esters is 1. The van der Waals surface area contributed by atoms with E-state index in [1.54, 1.807) is 6.92 Å². The van der Waals surface area contributed by atoms with E-state index in [0.29, 0.717) is 0 Å². The number of nitro benzene ring substituents is 1. The SMILES string of the molecule is CCOC(=O)CC#Cc1cc([N+](=O)[O-])ccc1C(=O)O. The number of benzene rings is 1. The molecule has 0 atom stereocenters. The van der Waals surface area contributed by atoms with Gasteiger partial charge in [-0.05, 0) is 13.0 Å². The van der Waals surface area contributed by atoms with Gasteiger partial charge in [-0.25, -0.2) is 4.79 Å². The van der Waals surface area contributed by atoms with E-state index in [4.69, 9.17) is 5.11 Å². The first-order valence-corrected chi connectivity index (χ1v) is 5.62. The maximum atomic E-state index is 11.1. The smallest absolute Gasteiger partial charge is 0.336 e. The maximum absolute atomic E-state index is 11.1. The summed E-state index contributed by atoms with van der Waals surface area (Å²) < 4.78 is 4.65. The first-order chi connectivity index (χ1) is 9.45. The zero-order chi connectivity index (χ0) is 15.1. The van der Waals surface area contributed by atoms with Crippen LogP contribution in [0.5, 0.6) is 0 Å². The van der Waals surface area contributed by atoms with Gasteiger partial charge in [-0.2, -0.15) is 0 Å². The van der Waals surface area contributed by atoms with Gasteiger partial charge in [-0.1, -0.05) is 11.8 Å². The third kappa shape index (κ3) is 4.10. The van der Waals surface area contributed by atoms with Gasteiger partial charge in [0.25, 0.3) is 5.69 Å². The molecule has 1 rings (SSSR count). The van der Waals surface area contributed by atoms with Crippen molar-refractivity contribution < 1.29 is 24.4 Å². The molecule has 0 aliphatic heterocycles. The second kappa shape index (κ2) is 6.89. The fraction of sp³-hybridized carbons (Fsp3) is 0.231. The average molecular weight is 277 g/mol. The van der Waals surface area contributed by atoms with E-state index < -0.39 is 16.9 Å². The van der Waals surface area contributed by atoms with Gasteiger partial charge >= 0.3 is 11.9 Å². The second-order valence-electron chi connectivity index (χ2n) is 3.58. The summed E-state index contributed by atoms with van der Waals surface area (Å²) in [6.45, 7) is 1.87. The van der Waals surface area contributed by atoms with Gasteiger partial charge in [-0.15, -0.1) is 0 Å². The monoisotopic (exact) mass is 277 g/mol. The Hall–Kier alpha value is -2.88. The number of rotatable bonds is 4. The molecule has 0 amide bonds. The van der Waals surface area contributed by atoms with Crippen LogP contribution < -0.4 is 0 Å². The Balaban J connectivity index is 3.05. The molecule has 0 saturated carbocycles. The molecular weight excluding hydrogens is 266 g/mol. The number of carboxylic acid groups (broad SMARTS) is 1. The number of carbonyl (C=O) groups is 2. The number of ether oxygens (including phenoxy) is 1. The van der Waals surface area contributed by atoms with Crippen LogP contribution in [0.25, 0.3) is 0 Å². The van der Waals surface area contributed by atoms with Crippen molar-refractivity contribution in [1.82, 2.24) is 0 Å². The van der Waals surface area contributed by atoms with E-state index in [1.807, 2.05) is 0 Å². The predicted molar refractivity (Wildman–Crippen MR) is 68.2 cm³/mol. The quantitative estimate of drug-likeness (QED) is 0.387. The lowest BCUT2D eigenvalue weighted by molar-refractivity contribution is -0.384. The van der Waals surface area contributed by atoms with Crippen molar-refractivity contribution >= 4 is 17.6 Å². The predicted octanol–water partition coefficient (Wildman–Crippen LogP) is 1.60. The summed E-state index contributed by atoms with van der Waals surface area (Å²) in [5, 5.41) is 19.6. The molecule has 0 unspecified atom stereocenters. The average Bonchev–Trinajstić information content (AvgIpc) is 2.38. The molecule has 0 aromatic heterocycles. The fourth-order valence-corrected chi connectivity index (χ4v) is 1.36. The molecule has 0 aliphatic rings. The van der Waals surface area contributed by atoms with Crippen molar-refractivity contribution in [3.05, 3.63) is 39.4 Å². The highest BCUT2D eigenvalue weighted by Gasteiger charge is 2.13. The summed E-state index contributed by atoms with van der Waals surface area (Å²) >= 11 is 0. The highest BCUT2D eigenvalue weighted by molar-refractivity contribution is 5.91. The highest BCUT2D eigenvalue weighted by atomic mass is 16.6. The Labute approximate surface area is 114 Å². The Morgan fingerprint density at radius 1 is 1.45 bits per heavy atom. The Kier molecular flexibility index (Phi) is 5.23. The van der Waals surface area contributed by atoms with Crippen LogP contribution in [0, 0.1) is 22.0 Å². The Bertz CT molecular complexity index is 611. The molecule has 0 heterocycles. The largest absolute Gasteiger partial charge is 0.478 e. The van der Waals surface area contributed by atoms with E-state index in [1.165, 1.54) is 0 Å². The standard InChI is InChI=1S/C13H11NO6/c1-2-20-12(15)5-3-4-9-8-10(14(18)19)6-7-11(9)13(16)17/h6-8H,2,5H2,1H3,(H,16,17). The van der Waals surface area contributed by atoms with Crippen molar-refractivity contribution in [3.8, 4) is 11.8 Å². The first kappa shape index (κ1) is 15.2. The molecule has 1 aromatic carbocycles. The van der Waals surface area contributed by atoms with Crippen LogP contribution >= 0.6 is 0 Å². The minimum absolute atomic E-state index is 0.0176. The number of aromatic carboxylic acids is 1. The molecule has 0 spiro atoms. The number of carbonyl (C=O) groups excluding carboxylic acids is 1. The van der Waals surface area contributed by atoms with Gasteiger partial charge in [0.2, 0.25) is 0 Å². The number of non-ortho nitro benzene ring substituents is 1. The number of hydrogen-bond acceptors (Lipinski definition) is 5. The Morgan fingerprint density at radius 3 is 2.70 bits per heavy atom. The van der Waals surface area contributed by atoms with E-state index in [2.05, 4.69) is 16.6 Å². The van der Waals surface area contributed by atoms with Gasteiger partial charge in [-0.3, -0.25) is 14.9 Å². The van der Waals surface area contributed by atoms with Crippen molar-refractivity contribution in [2.75, 3.05) is 6.61 Å². The van der Waals surface area contributed by atoms with Crippen molar-refractivity contribution in [1.29, 1.82) is 0 Å². The lowest BCUT2D eigenvalue weighted by Gasteiger charge is -1.99. The summed E-state index contributed by atoms with van der Waals surface area (Å²) in [6.07, 6.45) is -0.213. The third-order valence-corrected chi connectivity index (χ3v) is 2.21. The molecule has 0 aliphatic carbocycles. The molecular formula is C13H11NO6. The molecule has 0 bridgehead atoms. The highest BCUT2D eigenvalue weighted by Crippen LogP contribution is 2.17. The zero-order valence-corrected chi connectivity index (χ0v) is 10.6. The zero-order valence-electron chi connectivity index (χ0n) is 10.6. The molecule has 0 saturated heterocycles. The molecule has 7 nitrogen and oxygen atoms in total. The van der Waals surface area contributed by atoms with Crippen LogP contribution in [-0.2, 0) is 9.53 Å². The van der Waals surface area contributed by atoms with Crippen molar-refractivity contribution in [2.24, 2.45) is 0 Å². The second-order valence-corrected chi connectivity index (χ2v) is 3.58. The van der Waals surface area contributed by atoms with Crippen LogP contribution in [0.4, 0.5) is 5.69 Å². The van der Waals surface area contributed by atoms with Crippen LogP contribution in [0.3, 0.4) is 0 Å². The lowest BCUT2D eigenvalue weighted by Crippen LogP contribution is -2.03. The van der Waals surface area contributed by atoms with Gasteiger partial charge in [0.15, 0.2) is 0 Å². The molecule has 0 radical (unpaired) electrons. The topological polar surface area (TPSA) is 107 Å². The van der Waals surface area contributed by atoms with Crippen LogP contribution in [-0.4, -0.2) is 28.6 Å². The van der Waals surface area contributed by atoms with E-state index in [9.17, 15) is 19.7 Å². The van der Waals surface area contributed by atoms with Crippen molar-refractivity contribution in [2.45, 2.75) is 13.3 Å². The number of carboxylic acids is 1. The summed E-state index contributed by atoms with van der Waals surface area (Å²) in [4.78, 5) is 32.0. The third-order valence-electron chi connectivity index (χ3n) is 2.21. The molecule has 104 valence electrons. The van der Waals surface area contributed by atoms with E-state index >= 15 is 0 Å². The molecule has 1 N–H and O–H groups in total. The van der Waals surface area contributed by atoms with E-state index in [0.717, 1.165) is 18.2 Å². The van der Waals surface area contributed by atoms with Gasteiger partial charge in [0, 0.05) is 17.7 Å². The van der Waals surface area contributed by atoms with Crippen LogP contribution in [0.2, 0.25) is 0 Å². The minimum Gasteiger partial charge on any atom is -0.478 e. The molecule has 1 aromatic rings. The maximum Gasteiger partial charge on any atom is 0.336 e. The lowest BCUT2D eigenvalue weighted by atomic mass is 10.1. The molecule has 0 fully saturated rings. The normalized spacial score (nSPS) is 9.25. The summed E-state index contributed by atoms with van der Waals surface area (Å²) in [5.74, 6) is 3.09. The van der Waals surface area contributed by atoms with Crippen molar-refractivity contribution in [3.63, 3.8) is 0 Å². The number of nitro groups is 1. The molecule has 20 heavy (non-hydrogen) atoms. The van der Waals surface area contributed by atoms with Crippen LogP contribution in [0.15, 0.2) is 18.2 Å². The minimum atomic E-state index is -1.25. The summed E-state index contributed by atoms with van der Waals surface area (Å²) in [5.41, 5.74) is -0.446. The van der Waals surface area contributed by atoms with Gasteiger partial charge in [0.05, 0.1) is 17.1 Å². The Morgan fingerprint density at radius 2 is 2.15 bits per heavy atom.